The molecule has 20 nitrogen and oxygen atoms in total. The summed E-state index contributed by atoms with van der Waals surface area (Å²) in [6, 6.07) is 3.00. The number of hydrogen-bond acceptors (Lipinski definition) is 18. The number of halogens is 4. The van der Waals surface area contributed by atoms with Crippen LogP contribution in [-0.4, -0.2) is 149 Å². The van der Waals surface area contributed by atoms with Crippen LogP contribution in [0.3, 0.4) is 0 Å². The number of rotatable bonds is 20. The number of nitrogens with one attached hydrogen (secondary N) is 2. The zero-order valence-electron chi connectivity index (χ0n) is 47.4. The molecule has 3 aromatic heterocycles. The van der Waals surface area contributed by atoms with Crippen molar-refractivity contribution >= 4 is 92.1 Å². The lowest BCUT2D eigenvalue weighted by atomic mass is 9.94. The van der Waals surface area contributed by atoms with Gasteiger partial charge >= 0.3 is 47.8 Å². The molecule has 4 atom stereocenters. The maximum Gasteiger partial charge on any atom is 0.340 e. The molecule has 0 amide bonds. The molecule has 8 bridgehead atoms. The van der Waals surface area contributed by atoms with Crippen LogP contribution < -0.4 is 0 Å². The van der Waals surface area contributed by atoms with Crippen molar-refractivity contribution in [2.75, 3.05) is 56.9 Å². The first kappa shape index (κ1) is 44.1. The van der Waals surface area contributed by atoms with E-state index in [2.05, 4.69) is 38.9 Å². The molecule has 0 aromatic carbocycles. The Labute approximate surface area is 418 Å². The minimum Gasteiger partial charge on any atom is -0.469 e. The molecular formula is C48H50F4N4O16. The van der Waals surface area contributed by atoms with Gasteiger partial charge in [0.25, 0.3) is 0 Å². The summed E-state index contributed by atoms with van der Waals surface area (Å²) in [7, 11) is 6.08. The summed E-state index contributed by atoms with van der Waals surface area (Å²) >= 11 is 0. The Morgan fingerprint density at radius 2 is 0.681 bits per heavy atom. The van der Waals surface area contributed by atoms with E-state index in [-0.39, 0.29) is 0 Å². The van der Waals surface area contributed by atoms with Crippen molar-refractivity contribution in [3.63, 3.8) is 0 Å². The second kappa shape index (κ2) is 24.3. The zero-order valence-corrected chi connectivity index (χ0v) is 39.4. The highest BCUT2D eigenvalue weighted by atomic mass is 19.1. The molecule has 386 valence electrons. The van der Waals surface area contributed by atoms with Gasteiger partial charge in [-0.05, 0) is 68.8 Å². The van der Waals surface area contributed by atoms with E-state index in [1.165, 1.54) is 0 Å². The highest BCUT2D eigenvalue weighted by Crippen LogP contribution is 2.42. The van der Waals surface area contributed by atoms with Crippen LogP contribution in [0.1, 0.15) is 81.6 Å². The smallest absolute Gasteiger partial charge is 0.340 e. The number of carbonyl (C=O) groups is 8. The number of fused-ring (bicyclic) bond motifs is 8. The van der Waals surface area contributed by atoms with E-state index in [0.717, 1.165) is 75.1 Å². The standard InChI is InChI=1S/C48H50F4N4O16/c1-65-41(57)13-25-21(9-29(49)45(61)69-5)33-18-38-27(15-43(59)67-3)23(11-31(51)47(63)71-7)35(55-38)20-40-28(16-44(60)68-4)24(12-32(52)48(64)72-8)36(56-40)19-39-26(14-42(58)66-2)22(10-30(50)46(62)70-6)34(54-39)17-37(25)53-33/h17-20,29-32,53-54H,9-16H2,1-8H3/i13D2,14D2,15D2,16D2. The van der Waals surface area contributed by atoms with E-state index in [0.29, 0.717) is 6.07 Å². The van der Waals surface area contributed by atoms with Crippen LogP contribution in [0.5, 0.6) is 0 Å². The molecule has 0 fully saturated rings. The number of aromatic nitrogens is 4. The maximum atomic E-state index is 16.2. The zero-order chi connectivity index (χ0) is 60.3. The summed E-state index contributed by atoms with van der Waals surface area (Å²) in [4.78, 5) is 120. The topological polar surface area (TPSA) is 268 Å². The monoisotopic (exact) mass is 1020 g/mol. The van der Waals surface area contributed by atoms with Crippen LogP contribution in [0, 0.1) is 0 Å². The van der Waals surface area contributed by atoms with E-state index >= 15 is 17.6 Å². The third-order valence-electron chi connectivity index (χ3n) is 10.7. The molecule has 0 aliphatic carbocycles. The van der Waals surface area contributed by atoms with Gasteiger partial charge in [0.1, 0.15) is 0 Å². The fourth-order valence-corrected chi connectivity index (χ4v) is 7.27. The van der Waals surface area contributed by atoms with Gasteiger partial charge in [-0.2, -0.15) is 0 Å². The molecule has 72 heavy (non-hydrogen) atoms. The number of alkyl halides is 4. The first-order valence-corrected chi connectivity index (χ1v) is 20.8. The Kier molecular flexibility index (Phi) is 14.9. The summed E-state index contributed by atoms with van der Waals surface area (Å²) in [5.74, 6) is -13.2. The van der Waals surface area contributed by atoms with Gasteiger partial charge in [0.15, 0.2) is 0 Å². The van der Waals surface area contributed by atoms with Gasteiger partial charge in [-0.25, -0.2) is 46.7 Å². The van der Waals surface area contributed by atoms with Crippen LogP contribution in [0.25, 0.3) is 44.4 Å². The molecule has 0 radical (unpaired) electrons. The number of carbonyl (C=O) groups excluding carboxylic acids is 8. The molecule has 0 saturated heterocycles. The van der Waals surface area contributed by atoms with Gasteiger partial charge in [-0.1, -0.05) is 0 Å². The minimum atomic E-state index is -3.52. The lowest BCUT2D eigenvalue weighted by Crippen LogP contribution is -2.20. The summed E-state index contributed by atoms with van der Waals surface area (Å²) in [6.45, 7) is 0. The Hall–Kier alpha value is -7.92. The van der Waals surface area contributed by atoms with Crippen molar-refractivity contribution in [3.8, 4) is 0 Å². The number of hydrogen-bond donors (Lipinski definition) is 2. The van der Waals surface area contributed by atoms with E-state index in [1.54, 1.807) is 0 Å². The Balaban J connectivity index is 2.37. The summed E-state index contributed by atoms with van der Waals surface area (Å²) in [5.41, 5.74) is -12.8. The fourth-order valence-electron chi connectivity index (χ4n) is 7.27. The first-order valence-electron chi connectivity index (χ1n) is 24.8. The van der Waals surface area contributed by atoms with E-state index in [1.807, 2.05) is 0 Å². The Bertz CT molecular complexity index is 3290. The van der Waals surface area contributed by atoms with Gasteiger partial charge in [0.05, 0.1) is 105 Å². The number of allylic oxidation sites excluding steroid dienone is 2. The number of nitrogens with zero attached hydrogens (tertiary/aromatic N) is 2. The van der Waals surface area contributed by atoms with Gasteiger partial charge in [-0.3, -0.25) is 19.2 Å². The number of aromatic amines is 2. The Morgan fingerprint density at radius 1 is 0.403 bits per heavy atom. The number of methoxy groups -OCH3 is 8. The molecule has 5 heterocycles. The van der Waals surface area contributed by atoms with Crippen LogP contribution in [0.4, 0.5) is 17.6 Å². The van der Waals surface area contributed by atoms with Gasteiger partial charge in [0, 0.05) is 58.7 Å². The highest BCUT2D eigenvalue weighted by Gasteiger charge is 2.34. The van der Waals surface area contributed by atoms with Gasteiger partial charge in [-0.15, -0.1) is 0 Å². The summed E-state index contributed by atoms with van der Waals surface area (Å²) in [6.07, 6.45) is -30.2. The van der Waals surface area contributed by atoms with E-state index in [4.69, 9.17) is 29.9 Å². The normalized spacial score (nSPS) is 16.3. The molecule has 0 saturated carbocycles. The molecule has 3 aromatic rings. The van der Waals surface area contributed by atoms with Crippen molar-refractivity contribution < 1.29 is 105 Å². The lowest BCUT2D eigenvalue weighted by molar-refractivity contribution is -0.147. The van der Waals surface area contributed by atoms with Gasteiger partial charge in [0.2, 0.25) is 24.7 Å². The number of ether oxygens (including phenoxy) is 8. The average molecular weight is 1020 g/mol. The second-order valence-electron chi connectivity index (χ2n) is 14.9. The predicted molar refractivity (Wildman–Crippen MR) is 244 cm³/mol. The third kappa shape index (κ3) is 12.5. The van der Waals surface area contributed by atoms with Crippen molar-refractivity contribution in [1.29, 1.82) is 0 Å². The van der Waals surface area contributed by atoms with Gasteiger partial charge < -0.3 is 47.9 Å². The molecule has 5 rings (SSSR count). The average Bonchev–Trinajstić information content (AvgIpc) is 4.15. The fraction of sp³-hybridized carbons (Fsp3) is 0.417. The highest BCUT2D eigenvalue weighted by molar-refractivity contribution is 6.03. The summed E-state index contributed by atoms with van der Waals surface area (Å²) < 4.78 is 175. The molecule has 2 aliphatic heterocycles. The maximum absolute atomic E-state index is 16.2. The van der Waals surface area contributed by atoms with Crippen LogP contribution in [-0.2, 0) is 102 Å². The molecule has 0 spiro atoms. The first-order chi connectivity index (χ1) is 37.3. The van der Waals surface area contributed by atoms with E-state index < -0.39 is 213 Å². The molecular weight excluding hydrogens is 965 g/mol. The predicted octanol–water partition coefficient (Wildman–Crippen LogP) is 4.60. The lowest BCUT2D eigenvalue weighted by Gasteiger charge is -2.11. The number of esters is 8. The second-order valence-corrected chi connectivity index (χ2v) is 14.9. The van der Waals surface area contributed by atoms with Crippen LogP contribution >= 0.6 is 0 Å². The number of H-pyrrole nitrogens is 2. The SMILES string of the molecule is [2H]C([2H])(C(=O)OC)C1=C(CC(F)C(=O)OC)c2cc3[nH]c(cc4[nH]c(cc5nc(cc1n2)C(CC(F)C(=O)OC)=C5C([2H])([2H])C(=O)OC)c(CC(F)C(=O)OC)c4C([2H])([2H])C(=O)OC)c(CC(F)C(=O)OC)c3C([2H])([2H])C(=O)OC. The van der Waals surface area contributed by atoms with Crippen molar-refractivity contribution in [2.45, 2.75) is 75.9 Å². The van der Waals surface area contributed by atoms with Crippen molar-refractivity contribution in [1.82, 2.24) is 19.9 Å². The van der Waals surface area contributed by atoms with Crippen molar-refractivity contribution in [2.24, 2.45) is 0 Å². The Morgan fingerprint density at radius 3 is 1.04 bits per heavy atom. The van der Waals surface area contributed by atoms with Crippen LogP contribution in [0.2, 0.25) is 0 Å². The van der Waals surface area contributed by atoms with Crippen molar-refractivity contribution in [3.05, 3.63) is 69.3 Å². The quantitative estimate of drug-likeness (QED) is 0.0889. The minimum absolute atomic E-state index is 0.637. The molecule has 24 heteroatoms. The summed E-state index contributed by atoms with van der Waals surface area (Å²) in [5, 5.41) is 0. The molecule has 2 N–H and O–H groups in total. The molecule has 2 aliphatic rings. The van der Waals surface area contributed by atoms with Crippen LogP contribution in [0.15, 0.2) is 24.3 Å². The van der Waals surface area contributed by atoms with E-state index in [9.17, 15) is 38.4 Å². The molecule has 4 unspecified atom stereocenters. The third-order valence-corrected chi connectivity index (χ3v) is 10.7. The largest absolute Gasteiger partial charge is 0.469 e.